The fourth-order valence-corrected chi connectivity index (χ4v) is 3.91. The number of ether oxygens (including phenoxy) is 1. The predicted octanol–water partition coefficient (Wildman–Crippen LogP) is 2.49. The number of nitrogens with zero attached hydrogens (tertiary/aromatic N) is 2. The number of benzene rings is 1. The molecule has 1 spiro atoms. The number of likely N-dealkylation sites (tertiary alicyclic amines) is 1. The van der Waals surface area contributed by atoms with Crippen LogP contribution in [-0.4, -0.2) is 58.6 Å². The molecule has 0 unspecified atom stereocenters. The maximum absolute atomic E-state index is 12.8. The van der Waals surface area contributed by atoms with Crippen molar-refractivity contribution in [3.63, 3.8) is 0 Å². The number of rotatable bonds is 3. The summed E-state index contributed by atoms with van der Waals surface area (Å²) in [5.41, 5.74) is 0.803. The lowest BCUT2D eigenvalue weighted by Crippen LogP contribution is -2.49. The van der Waals surface area contributed by atoms with Crippen LogP contribution in [0.25, 0.3) is 11.3 Å². The smallest absolute Gasteiger partial charge is 0.410 e. The number of hydrogen-bond acceptors (Lipinski definition) is 4. The number of carbonyl (C=O) groups excluding carboxylic acids is 2. The molecule has 2 aromatic rings. The molecule has 4 rings (SSSR count). The number of aromatic nitrogens is 1. The zero-order chi connectivity index (χ0) is 19.7. The Bertz CT molecular complexity index is 946. The van der Waals surface area contributed by atoms with Gasteiger partial charge in [0.1, 0.15) is 11.2 Å². The van der Waals surface area contributed by atoms with Crippen molar-refractivity contribution in [3.8, 4) is 11.3 Å². The fraction of sp³-hybridized carbons (Fsp3) is 0.381. The van der Waals surface area contributed by atoms with E-state index in [0.29, 0.717) is 44.7 Å². The first-order valence-electron chi connectivity index (χ1n) is 9.57. The topological polar surface area (TPSA) is 82.7 Å². The van der Waals surface area contributed by atoms with E-state index >= 15 is 0 Å². The molecule has 0 atom stereocenters. The minimum Gasteiger partial charge on any atom is -0.441 e. The summed E-state index contributed by atoms with van der Waals surface area (Å²) in [5.74, 6) is -0.285. The van der Waals surface area contributed by atoms with Crippen LogP contribution in [0.4, 0.5) is 4.79 Å². The highest BCUT2D eigenvalue weighted by Gasteiger charge is 2.47. The third kappa shape index (κ3) is 3.28. The van der Waals surface area contributed by atoms with Crippen LogP contribution in [0, 0.1) is 0 Å². The molecule has 7 nitrogen and oxygen atoms in total. The third-order valence-electron chi connectivity index (χ3n) is 5.61. The van der Waals surface area contributed by atoms with Crippen molar-refractivity contribution < 1.29 is 14.3 Å². The van der Waals surface area contributed by atoms with Gasteiger partial charge in [-0.2, -0.15) is 0 Å². The number of amides is 2. The molecular weight excluding hydrogens is 358 g/mol. The van der Waals surface area contributed by atoms with Gasteiger partial charge in [-0.25, -0.2) is 4.79 Å². The number of piperidine rings is 1. The number of H-pyrrole nitrogens is 1. The number of likely N-dealkylation sites (N-methyl/N-ethyl adjacent to an activating group) is 1. The maximum Gasteiger partial charge on any atom is 0.410 e. The molecule has 2 amide bonds. The van der Waals surface area contributed by atoms with Gasteiger partial charge in [0.05, 0.1) is 6.54 Å². The summed E-state index contributed by atoms with van der Waals surface area (Å²) in [5, 5.41) is 0. The normalized spacial score (nSPS) is 18.4. The van der Waals surface area contributed by atoms with E-state index in [-0.39, 0.29) is 17.6 Å². The molecule has 3 heterocycles. The highest BCUT2D eigenvalue weighted by Crippen LogP contribution is 2.33. The molecule has 2 saturated heterocycles. The Morgan fingerprint density at radius 1 is 1.11 bits per heavy atom. The lowest BCUT2D eigenvalue weighted by atomic mass is 9.91. The number of pyridine rings is 1. The zero-order valence-corrected chi connectivity index (χ0v) is 15.8. The second-order valence-electron chi connectivity index (χ2n) is 7.34. The molecule has 0 aliphatic carbocycles. The van der Waals surface area contributed by atoms with E-state index in [4.69, 9.17) is 4.74 Å². The van der Waals surface area contributed by atoms with E-state index in [1.165, 1.54) is 0 Å². The zero-order valence-electron chi connectivity index (χ0n) is 15.8. The average molecular weight is 381 g/mol. The molecule has 2 aliphatic heterocycles. The van der Waals surface area contributed by atoms with Gasteiger partial charge < -0.3 is 19.5 Å². The van der Waals surface area contributed by atoms with Crippen LogP contribution >= 0.6 is 0 Å². The summed E-state index contributed by atoms with van der Waals surface area (Å²) < 4.78 is 5.60. The molecular formula is C21H23N3O4. The fourth-order valence-electron chi connectivity index (χ4n) is 3.91. The first-order chi connectivity index (χ1) is 13.5. The SMILES string of the molecule is CCN1CC2(CCN(C(=O)c3ccc(-c4ccccc4)[nH]c3=O)CC2)OC1=O. The van der Waals surface area contributed by atoms with Crippen molar-refractivity contribution in [1.29, 1.82) is 0 Å². The van der Waals surface area contributed by atoms with Crippen molar-refractivity contribution in [2.45, 2.75) is 25.4 Å². The van der Waals surface area contributed by atoms with Gasteiger partial charge in [0, 0.05) is 38.2 Å². The summed E-state index contributed by atoms with van der Waals surface area (Å²) in [7, 11) is 0. The molecule has 1 aromatic carbocycles. The standard InChI is InChI=1S/C21H23N3O4/c1-2-23-14-21(28-20(23)27)10-12-24(13-11-21)19(26)16-8-9-17(22-18(16)25)15-6-4-3-5-7-15/h3-9H,2,10-14H2,1H3,(H,22,25). The molecule has 28 heavy (non-hydrogen) atoms. The molecule has 1 N–H and O–H groups in total. The van der Waals surface area contributed by atoms with E-state index in [1.54, 1.807) is 21.9 Å². The second kappa shape index (κ2) is 7.14. The quantitative estimate of drug-likeness (QED) is 0.886. The summed E-state index contributed by atoms with van der Waals surface area (Å²) >= 11 is 0. The molecule has 0 bridgehead atoms. The molecule has 0 radical (unpaired) electrons. The molecule has 1 aromatic heterocycles. The predicted molar refractivity (Wildman–Crippen MR) is 104 cm³/mol. The molecule has 0 saturated carbocycles. The van der Waals surface area contributed by atoms with Crippen molar-refractivity contribution >= 4 is 12.0 Å². The number of hydrogen-bond donors (Lipinski definition) is 1. The minimum atomic E-state index is -0.506. The van der Waals surface area contributed by atoms with Crippen LogP contribution in [0.5, 0.6) is 0 Å². The van der Waals surface area contributed by atoms with Gasteiger partial charge in [0.2, 0.25) is 0 Å². The van der Waals surface area contributed by atoms with Gasteiger partial charge in [-0.05, 0) is 24.6 Å². The van der Waals surface area contributed by atoms with Crippen LogP contribution in [0.1, 0.15) is 30.1 Å². The van der Waals surface area contributed by atoms with Crippen molar-refractivity contribution in [2.24, 2.45) is 0 Å². The van der Waals surface area contributed by atoms with E-state index in [2.05, 4.69) is 4.98 Å². The summed E-state index contributed by atoms with van der Waals surface area (Å²) in [4.78, 5) is 43.4. The van der Waals surface area contributed by atoms with Crippen molar-refractivity contribution in [1.82, 2.24) is 14.8 Å². The van der Waals surface area contributed by atoms with Gasteiger partial charge in [0.25, 0.3) is 11.5 Å². The molecule has 2 fully saturated rings. The summed E-state index contributed by atoms with van der Waals surface area (Å²) in [6.07, 6.45) is 0.886. The third-order valence-corrected chi connectivity index (χ3v) is 5.61. The lowest BCUT2D eigenvalue weighted by Gasteiger charge is -2.37. The molecule has 7 heteroatoms. The number of carbonyl (C=O) groups is 2. The van der Waals surface area contributed by atoms with Gasteiger partial charge in [-0.3, -0.25) is 9.59 Å². The van der Waals surface area contributed by atoms with Gasteiger partial charge in [-0.1, -0.05) is 30.3 Å². The lowest BCUT2D eigenvalue weighted by molar-refractivity contribution is 0.00310. The summed E-state index contributed by atoms with van der Waals surface area (Å²) in [6, 6.07) is 12.8. The van der Waals surface area contributed by atoms with Crippen LogP contribution in [0.15, 0.2) is 47.3 Å². The van der Waals surface area contributed by atoms with Crippen LogP contribution in [0.2, 0.25) is 0 Å². The van der Waals surface area contributed by atoms with Crippen molar-refractivity contribution in [2.75, 3.05) is 26.2 Å². The van der Waals surface area contributed by atoms with Crippen LogP contribution < -0.4 is 5.56 Å². The maximum atomic E-state index is 12.8. The highest BCUT2D eigenvalue weighted by molar-refractivity contribution is 5.94. The Hall–Kier alpha value is -3.09. The van der Waals surface area contributed by atoms with Gasteiger partial charge in [0.15, 0.2) is 0 Å². The Morgan fingerprint density at radius 2 is 1.82 bits per heavy atom. The van der Waals surface area contributed by atoms with E-state index < -0.39 is 11.2 Å². The second-order valence-corrected chi connectivity index (χ2v) is 7.34. The van der Waals surface area contributed by atoms with Crippen molar-refractivity contribution in [3.05, 3.63) is 58.4 Å². The van der Waals surface area contributed by atoms with Gasteiger partial charge >= 0.3 is 6.09 Å². The van der Waals surface area contributed by atoms with Gasteiger partial charge in [-0.15, -0.1) is 0 Å². The highest BCUT2D eigenvalue weighted by atomic mass is 16.6. The molecule has 2 aliphatic rings. The minimum absolute atomic E-state index is 0.134. The summed E-state index contributed by atoms with van der Waals surface area (Å²) in [6.45, 7) is 4.03. The average Bonchev–Trinajstić information content (AvgIpc) is 3.03. The van der Waals surface area contributed by atoms with E-state index in [9.17, 15) is 14.4 Å². The number of aromatic amines is 1. The first-order valence-corrected chi connectivity index (χ1v) is 9.57. The monoisotopic (exact) mass is 381 g/mol. The van der Waals surface area contributed by atoms with E-state index in [0.717, 1.165) is 5.56 Å². The van der Waals surface area contributed by atoms with E-state index in [1.807, 2.05) is 37.3 Å². The first kappa shape index (κ1) is 18.3. The Labute approximate surface area is 162 Å². The Morgan fingerprint density at radius 3 is 2.43 bits per heavy atom. The largest absolute Gasteiger partial charge is 0.441 e. The molecule has 146 valence electrons. The van der Waals surface area contributed by atoms with Crippen LogP contribution in [0.3, 0.4) is 0 Å². The number of nitrogens with one attached hydrogen (secondary N) is 1. The Balaban J connectivity index is 1.46. The van der Waals surface area contributed by atoms with Crippen LogP contribution in [-0.2, 0) is 4.74 Å². The Kier molecular flexibility index (Phi) is 4.66.